The largest absolute Gasteiger partial charge is 0.471 e. The zero-order valence-electron chi connectivity index (χ0n) is 17.6. The molecule has 1 aliphatic carbocycles. The van der Waals surface area contributed by atoms with Crippen LogP contribution < -0.4 is 10.1 Å². The van der Waals surface area contributed by atoms with Gasteiger partial charge in [0.2, 0.25) is 11.8 Å². The lowest BCUT2D eigenvalue weighted by Crippen LogP contribution is -2.26. The fourth-order valence-corrected chi connectivity index (χ4v) is 4.28. The molecule has 0 amide bonds. The first-order valence-electron chi connectivity index (χ1n) is 10.9. The van der Waals surface area contributed by atoms with Gasteiger partial charge in [-0.05, 0) is 49.3 Å². The van der Waals surface area contributed by atoms with Crippen LogP contribution in [0.25, 0.3) is 22.2 Å². The molecule has 1 aromatic carbocycles. The minimum absolute atomic E-state index is 0.0123. The second kappa shape index (κ2) is 8.22. The molecule has 0 spiro atoms. The topological polar surface area (TPSA) is 82.3 Å². The molecule has 2 aromatic heterocycles. The fraction of sp³-hybridized carbons (Fsp3) is 0.522. The van der Waals surface area contributed by atoms with Gasteiger partial charge in [0.05, 0.1) is 18.8 Å². The number of hydrogen-bond donors (Lipinski definition) is 1. The lowest BCUT2D eigenvalue weighted by Gasteiger charge is -2.27. The average Bonchev–Trinajstić information content (AvgIpc) is 3.38. The Bertz CT molecular complexity index is 1020. The first kappa shape index (κ1) is 19.3. The summed E-state index contributed by atoms with van der Waals surface area (Å²) in [5.74, 6) is 2.67. The van der Waals surface area contributed by atoms with Crippen molar-refractivity contribution >= 4 is 17.0 Å². The fourth-order valence-electron chi connectivity index (χ4n) is 4.28. The van der Waals surface area contributed by atoms with Crippen molar-refractivity contribution in [3.8, 4) is 17.0 Å². The third kappa shape index (κ3) is 4.12. The average molecular weight is 409 g/mol. The van der Waals surface area contributed by atoms with Gasteiger partial charge < -0.3 is 19.2 Å². The number of nitrogens with zero attached hydrogens (tertiary/aromatic N) is 3. The van der Waals surface area contributed by atoms with Crippen LogP contribution in [0.5, 0.6) is 5.88 Å². The molecule has 158 valence electrons. The van der Waals surface area contributed by atoms with Gasteiger partial charge in [-0.15, -0.1) is 0 Å². The quantitative estimate of drug-likeness (QED) is 0.652. The minimum atomic E-state index is 0.0123. The van der Waals surface area contributed by atoms with E-state index in [-0.39, 0.29) is 6.10 Å². The van der Waals surface area contributed by atoms with Crippen molar-refractivity contribution in [1.82, 2.24) is 15.0 Å². The van der Waals surface area contributed by atoms with Gasteiger partial charge in [-0.1, -0.05) is 13.0 Å². The van der Waals surface area contributed by atoms with E-state index in [1.54, 1.807) is 0 Å². The maximum absolute atomic E-state index is 6.26. The van der Waals surface area contributed by atoms with Gasteiger partial charge in [0, 0.05) is 25.6 Å². The van der Waals surface area contributed by atoms with Crippen LogP contribution >= 0.6 is 0 Å². The van der Waals surface area contributed by atoms with E-state index >= 15 is 0 Å². The van der Waals surface area contributed by atoms with Crippen LogP contribution in [0.3, 0.4) is 0 Å². The van der Waals surface area contributed by atoms with Gasteiger partial charge in [-0.2, -0.15) is 4.98 Å². The summed E-state index contributed by atoms with van der Waals surface area (Å²) < 4.78 is 17.5. The number of fused-ring (bicyclic) bond motifs is 1. The number of aryl methyl sites for hydroxylation is 1. The molecule has 2 aliphatic rings. The molecule has 30 heavy (non-hydrogen) atoms. The third-order valence-electron chi connectivity index (χ3n) is 6.08. The molecule has 0 unspecified atom stereocenters. The summed E-state index contributed by atoms with van der Waals surface area (Å²) in [7, 11) is 0. The number of rotatable bonds is 5. The Kier molecular flexibility index (Phi) is 5.29. The minimum Gasteiger partial charge on any atom is -0.471 e. The van der Waals surface area contributed by atoms with E-state index in [9.17, 15) is 0 Å². The SMILES string of the molecule is Cc1nc2ccc(-c3cnc(N[C@H]4CC[C@H](C)CC4)nc3O[C@@H]3CCOC3)cc2o1. The maximum Gasteiger partial charge on any atom is 0.226 e. The van der Waals surface area contributed by atoms with Crippen molar-refractivity contribution in [1.29, 1.82) is 0 Å². The molecule has 1 saturated heterocycles. The molecule has 7 nitrogen and oxygen atoms in total. The van der Waals surface area contributed by atoms with Gasteiger partial charge in [0.25, 0.3) is 0 Å². The number of nitrogens with one attached hydrogen (secondary N) is 1. The Morgan fingerprint density at radius 2 is 1.97 bits per heavy atom. The highest BCUT2D eigenvalue weighted by atomic mass is 16.5. The second-order valence-corrected chi connectivity index (χ2v) is 8.53. The first-order valence-corrected chi connectivity index (χ1v) is 10.9. The number of ether oxygens (including phenoxy) is 2. The number of anilines is 1. The summed E-state index contributed by atoms with van der Waals surface area (Å²) in [6.07, 6.45) is 7.52. The summed E-state index contributed by atoms with van der Waals surface area (Å²) in [4.78, 5) is 13.8. The van der Waals surface area contributed by atoms with Crippen LogP contribution in [0, 0.1) is 12.8 Å². The highest BCUT2D eigenvalue weighted by Gasteiger charge is 2.23. The van der Waals surface area contributed by atoms with Crippen molar-refractivity contribution < 1.29 is 13.9 Å². The molecule has 7 heteroatoms. The van der Waals surface area contributed by atoms with Gasteiger partial charge >= 0.3 is 0 Å². The molecule has 3 heterocycles. The first-order chi connectivity index (χ1) is 14.6. The molecule has 2 fully saturated rings. The molecule has 1 aliphatic heterocycles. The monoisotopic (exact) mass is 408 g/mol. The van der Waals surface area contributed by atoms with Crippen molar-refractivity contribution in [2.45, 2.75) is 58.1 Å². The van der Waals surface area contributed by atoms with E-state index in [1.807, 2.05) is 31.3 Å². The summed E-state index contributed by atoms with van der Waals surface area (Å²) in [5, 5.41) is 3.52. The summed E-state index contributed by atoms with van der Waals surface area (Å²) in [6.45, 7) is 5.49. The lowest BCUT2D eigenvalue weighted by molar-refractivity contribution is 0.138. The van der Waals surface area contributed by atoms with Gasteiger partial charge in [0.1, 0.15) is 11.6 Å². The van der Waals surface area contributed by atoms with E-state index in [2.05, 4.69) is 22.2 Å². The molecule has 1 atom stereocenters. The van der Waals surface area contributed by atoms with Crippen molar-refractivity contribution in [3.05, 3.63) is 30.3 Å². The predicted molar refractivity (Wildman–Crippen MR) is 115 cm³/mol. The normalized spacial score (nSPS) is 24.3. The Labute approximate surface area is 176 Å². The van der Waals surface area contributed by atoms with Crippen LogP contribution in [-0.4, -0.2) is 40.3 Å². The third-order valence-corrected chi connectivity index (χ3v) is 6.08. The van der Waals surface area contributed by atoms with E-state index in [0.717, 1.165) is 54.0 Å². The van der Waals surface area contributed by atoms with Gasteiger partial charge in [-0.3, -0.25) is 0 Å². The van der Waals surface area contributed by atoms with Crippen LogP contribution in [0.15, 0.2) is 28.8 Å². The smallest absolute Gasteiger partial charge is 0.226 e. The Morgan fingerprint density at radius 1 is 1.10 bits per heavy atom. The lowest BCUT2D eigenvalue weighted by atomic mass is 9.87. The molecule has 1 N–H and O–H groups in total. The summed E-state index contributed by atoms with van der Waals surface area (Å²) in [6, 6.07) is 6.36. The zero-order chi connectivity index (χ0) is 20.5. The second-order valence-electron chi connectivity index (χ2n) is 8.53. The molecule has 0 bridgehead atoms. The van der Waals surface area contributed by atoms with Gasteiger partial charge in [0.15, 0.2) is 11.5 Å². The molecular weight excluding hydrogens is 380 g/mol. The molecule has 1 saturated carbocycles. The Hall–Kier alpha value is -2.67. The predicted octanol–water partition coefficient (Wildman–Crippen LogP) is 4.75. The van der Waals surface area contributed by atoms with Crippen molar-refractivity contribution in [2.75, 3.05) is 18.5 Å². The number of oxazole rings is 1. The molecule has 5 rings (SSSR count). The van der Waals surface area contributed by atoms with Crippen LogP contribution in [0.4, 0.5) is 5.95 Å². The molecule has 3 aromatic rings. The summed E-state index contributed by atoms with van der Waals surface area (Å²) in [5.41, 5.74) is 3.39. The number of aromatic nitrogens is 3. The van der Waals surface area contributed by atoms with Crippen LogP contribution in [0.2, 0.25) is 0 Å². The molecular formula is C23H28N4O3. The Morgan fingerprint density at radius 3 is 2.77 bits per heavy atom. The van der Waals surface area contributed by atoms with E-state index in [1.165, 1.54) is 12.8 Å². The standard InChI is InChI=1S/C23H28N4O3/c1-14-3-6-17(7-4-14)26-23-24-12-19(22(27-23)30-18-9-10-28-13-18)16-5-8-20-21(11-16)29-15(2)25-20/h5,8,11-12,14,17-18H,3-4,6-7,9-10,13H2,1-2H3,(H,24,26,27)/t14-,17-,18-/m1/s1. The highest BCUT2D eigenvalue weighted by molar-refractivity contribution is 5.81. The van der Waals surface area contributed by atoms with Crippen LogP contribution in [0.1, 0.15) is 44.9 Å². The van der Waals surface area contributed by atoms with Crippen LogP contribution in [-0.2, 0) is 4.74 Å². The number of benzene rings is 1. The van der Waals surface area contributed by atoms with E-state index < -0.39 is 0 Å². The highest BCUT2D eigenvalue weighted by Crippen LogP contribution is 2.33. The zero-order valence-corrected chi connectivity index (χ0v) is 17.6. The summed E-state index contributed by atoms with van der Waals surface area (Å²) >= 11 is 0. The Balaban J connectivity index is 1.45. The van der Waals surface area contributed by atoms with Gasteiger partial charge in [-0.25, -0.2) is 9.97 Å². The maximum atomic E-state index is 6.26. The van der Waals surface area contributed by atoms with E-state index in [0.29, 0.717) is 30.4 Å². The van der Waals surface area contributed by atoms with E-state index in [4.69, 9.17) is 18.9 Å². The van der Waals surface area contributed by atoms with Crippen molar-refractivity contribution in [3.63, 3.8) is 0 Å². The van der Waals surface area contributed by atoms with Crippen molar-refractivity contribution in [2.24, 2.45) is 5.92 Å². The number of hydrogen-bond acceptors (Lipinski definition) is 7. The molecule has 0 radical (unpaired) electrons.